The number of nitrogens with one attached hydrogen (secondary N) is 1. The van der Waals surface area contributed by atoms with Gasteiger partial charge in [-0.1, -0.05) is 20.8 Å². The Hall–Kier alpha value is -1.06. The Morgan fingerprint density at radius 3 is 2.19 bits per heavy atom. The SMILES string of the molecule is CC(C)CC(C)CC(=O)NCC(=O)N(C)C. The Labute approximate surface area is 98.4 Å². The Morgan fingerprint density at radius 1 is 1.19 bits per heavy atom. The zero-order valence-electron chi connectivity index (χ0n) is 11.0. The summed E-state index contributed by atoms with van der Waals surface area (Å²) in [5.74, 6) is 0.855. The van der Waals surface area contributed by atoms with Gasteiger partial charge in [0.15, 0.2) is 0 Å². The molecule has 1 atom stereocenters. The van der Waals surface area contributed by atoms with E-state index in [1.165, 1.54) is 4.90 Å². The molecule has 0 fully saturated rings. The minimum atomic E-state index is -0.0788. The van der Waals surface area contributed by atoms with Gasteiger partial charge in [-0.3, -0.25) is 9.59 Å². The molecule has 0 aromatic heterocycles. The number of amides is 2. The minimum absolute atomic E-state index is 0.0386. The first kappa shape index (κ1) is 14.9. The van der Waals surface area contributed by atoms with Gasteiger partial charge >= 0.3 is 0 Å². The fourth-order valence-corrected chi connectivity index (χ4v) is 1.61. The van der Waals surface area contributed by atoms with Crippen LogP contribution in [0, 0.1) is 11.8 Å². The normalized spacial score (nSPS) is 12.4. The standard InChI is InChI=1S/C12H24N2O2/c1-9(2)6-10(3)7-11(15)13-8-12(16)14(4)5/h9-10H,6-8H2,1-5H3,(H,13,15). The van der Waals surface area contributed by atoms with Gasteiger partial charge in [0, 0.05) is 20.5 Å². The molecule has 0 aromatic rings. The van der Waals surface area contributed by atoms with Crippen molar-refractivity contribution in [3.8, 4) is 0 Å². The van der Waals surface area contributed by atoms with E-state index in [0.29, 0.717) is 18.3 Å². The zero-order chi connectivity index (χ0) is 12.7. The van der Waals surface area contributed by atoms with Crippen molar-refractivity contribution in [3.05, 3.63) is 0 Å². The predicted molar refractivity (Wildman–Crippen MR) is 64.9 cm³/mol. The van der Waals surface area contributed by atoms with Gasteiger partial charge in [0.05, 0.1) is 6.54 Å². The lowest BCUT2D eigenvalue weighted by Crippen LogP contribution is -2.36. The van der Waals surface area contributed by atoms with Gasteiger partial charge in [-0.15, -0.1) is 0 Å². The molecular weight excluding hydrogens is 204 g/mol. The molecule has 2 amide bonds. The molecule has 0 radical (unpaired) electrons. The third kappa shape index (κ3) is 7.26. The van der Waals surface area contributed by atoms with Gasteiger partial charge in [0.1, 0.15) is 0 Å². The molecule has 0 saturated heterocycles. The maximum atomic E-state index is 11.5. The van der Waals surface area contributed by atoms with E-state index in [-0.39, 0.29) is 18.4 Å². The maximum Gasteiger partial charge on any atom is 0.241 e. The molecule has 0 aliphatic rings. The van der Waals surface area contributed by atoms with E-state index >= 15 is 0 Å². The van der Waals surface area contributed by atoms with Crippen molar-refractivity contribution in [1.82, 2.24) is 10.2 Å². The van der Waals surface area contributed by atoms with Crippen LogP contribution in [-0.2, 0) is 9.59 Å². The van der Waals surface area contributed by atoms with Crippen LogP contribution in [0.2, 0.25) is 0 Å². The maximum absolute atomic E-state index is 11.5. The van der Waals surface area contributed by atoms with Crippen molar-refractivity contribution in [2.75, 3.05) is 20.6 Å². The third-order valence-corrected chi connectivity index (χ3v) is 2.34. The number of carbonyl (C=O) groups is 2. The molecule has 1 N–H and O–H groups in total. The molecule has 0 spiro atoms. The summed E-state index contributed by atoms with van der Waals surface area (Å²) in [6.07, 6.45) is 1.54. The first-order chi connectivity index (χ1) is 7.32. The second-order valence-electron chi connectivity index (χ2n) is 5.00. The van der Waals surface area contributed by atoms with Crippen molar-refractivity contribution in [2.45, 2.75) is 33.6 Å². The van der Waals surface area contributed by atoms with Crippen LogP contribution in [0.25, 0.3) is 0 Å². The summed E-state index contributed by atoms with van der Waals surface area (Å²) in [6, 6.07) is 0. The highest BCUT2D eigenvalue weighted by Gasteiger charge is 2.12. The van der Waals surface area contributed by atoms with E-state index in [2.05, 4.69) is 26.1 Å². The highest BCUT2D eigenvalue weighted by Crippen LogP contribution is 2.13. The quantitative estimate of drug-likeness (QED) is 0.744. The molecule has 0 aliphatic carbocycles. The van der Waals surface area contributed by atoms with Crippen LogP contribution in [0.15, 0.2) is 0 Å². The number of likely N-dealkylation sites (N-methyl/N-ethyl adjacent to an activating group) is 1. The Kier molecular flexibility index (Phi) is 6.77. The second kappa shape index (κ2) is 7.25. The number of carbonyl (C=O) groups excluding carboxylic acids is 2. The van der Waals surface area contributed by atoms with Crippen molar-refractivity contribution in [2.24, 2.45) is 11.8 Å². The van der Waals surface area contributed by atoms with E-state index in [0.717, 1.165) is 6.42 Å². The Bertz CT molecular complexity index is 237. The molecule has 16 heavy (non-hydrogen) atoms. The van der Waals surface area contributed by atoms with E-state index < -0.39 is 0 Å². The average molecular weight is 228 g/mol. The Morgan fingerprint density at radius 2 is 1.75 bits per heavy atom. The third-order valence-electron chi connectivity index (χ3n) is 2.34. The summed E-state index contributed by atoms with van der Waals surface area (Å²) >= 11 is 0. The second-order valence-corrected chi connectivity index (χ2v) is 5.00. The monoisotopic (exact) mass is 228 g/mol. The molecule has 0 heterocycles. The van der Waals surface area contributed by atoms with E-state index in [1.54, 1.807) is 14.1 Å². The largest absolute Gasteiger partial charge is 0.347 e. The molecule has 0 saturated carbocycles. The number of hydrogen-bond acceptors (Lipinski definition) is 2. The predicted octanol–water partition coefficient (Wildman–Crippen LogP) is 1.26. The minimum Gasteiger partial charge on any atom is -0.347 e. The van der Waals surface area contributed by atoms with Crippen LogP contribution in [0.5, 0.6) is 0 Å². The van der Waals surface area contributed by atoms with Crippen molar-refractivity contribution < 1.29 is 9.59 Å². The smallest absolute Gasteiger partial charge is 0.241 e. The lowest BCUT2D eigenvalue weighted by atomic mass is 9.96. The molecule has 4 heteroatoms. The highest BCUT2D eigenvalue weighted by atomic mass is 16.2. The lowest BCUT2D eigenvalue weighted by molar-refractivity contribution is -0.131. The number of nitrogens with zero attached hydrogens (tertiary/aromatic N) is 1. The van der Waals surface area contributed by atoms with Gasteiger partial charge in [0.25, 0.3) is 0 Å². The van der Waals surface area contributed by atoms with Gasteiger partial charge in [-0.25, -0.2) is 0 Å². The first-order valence-corrected chi connectivity index (χ1v) is 5.79. The van der Waals surface area contributed by atoms with Crippen LogP contribution in [-0.4, -0.2) is 37.4 Å². The molecule has 1 unspecified atom stereocenters. The molecule has 94 valence electrons. The summed E-state index contributed by atoms with van der Waals surface area (Å²) in [5, 5.41) is 2.64. The summed E-state index contributed by atoms with van der Waals surface area (Å²) in [5.41, 5.74) is 0. The van der Waals surface area contributed by atoms with Crippen LogP contribution in [0.1, 0.15) is 33.6 Å². The molecule has 0 bridgehead atoms. The van der Waals surface area contributed by atoms with Crippen molar-refractivity contribution in [3.63, 3.8) is 0 Å². The van der Waals surface area contributed by atoms with E-state index in [4.69, 9.17) is 0 Å². The summed E-state index contributed by atoms with van der Waals surface area (Å²) in [4.78, 5) is 24.2. The van der Waals surface area contributed by atoms with Crippen LogP contribution in [0.3, 0.4) is 0 Å². The molecule has 0 aliphatic heterocycles. The van der Waals surface area contributed by atoms with Crippen LogP contribution in [0.4, 0.5) is 0 Å². The number of hydrogen-bond donors (Lipinski definition) is 1. The molecule has 4 nitrogen and oxygen atoms in total. The first-order valence-electron chi connectivity index (χ1n) is 5.79. The zero-order valence-corrected chi connectivity index (χ0v) is 11.0. The summed E-state index contributed by atoms with van der Waals surface area (Å²) < 4.78 is 0. The lowest BCUT2D eigenvalue weighted by Gasteiger charge is -2.14. The fourth-order valence-electron chi connectivity index (χ4n) is 1.61. The van der Waals surface area contributed by atoms with Gasteiger partial charge < -0.3 is 10.2 Å². The average Bonchev–Trinajstić information content (AvgIpc) is 2.12. The fraction of sp³-hybridized carbons (Fsp3) is 0.833. The summed E-state index contributed by atoms with van der Waals surface area (Å²) in [6.45, 7) is 6.45. The van der Waals surface area contributed by atoms with Crippen molar-refractivity contribution in [1.29, 1.82) is 0 Å². The molecular formula is C12H24N2O2. The molecule has 0 rings (SSSR count). The Balaban J connectivity index is 3.78. The summed E-state index contributed by atoms with van der Waals surface area (Å²) in [7, 11) is 3.35. The molecule has 0 aromatic carbocycles. The van der Waals surface area contributed by atoms with Crippen LogP contribution < -0.4 is 5.32 Å². The highest BCUT2D eigenvalue weighted by molar-refractivity contribution is 5.84. The van der Waals surface area contributed by atoms with Gasteiger partial charge in [0.2, 0.25) is 11.8 Å². The van der Waals surface area contributed by atoms with Gasteiger partial charge in [-0.05, 0) is 18.3 Å². The van der Waals surface area contributed by atoms with E-state index in [1.807, 2.05) is 0 Å². The van der Waals surface area contributed by atoms with Gasteiger partial charge in [-0.2, -0.15) is 0 Å². The number of rotatable bonds is 6. The van der Waals surface area contributed by atoms with Crippen LogP contribution >= 0.6 is 0 Å². The van der Waals surface area contributed by atoms with E-state index in [9.17, 15) is 9.59 Å². The topological polar surface area (TPSA) is 49.4 Å². The van der Waals surface area contributed by atoms with Crippen molar-refractivity contribution >= 4 is 11.8 Å².